The molecule has 2 bridgehead atoms. The van der Waals surface area contributed by atoms with Crippen LogP contribution in [0.5, 0.6) is 11.5 Å². The molecule has 180 valence electrons. The second-order valence-electron chi connectivity index (χ2n) is 9.36. The number of phenolic OH excluding ortho intramolecular Hbond substituents is 1. The predicted molar refractivity (Wildman–Crippen MR) is 115 cm³/mol. The number of carboxylic acid groups (broad SMARTS) is 1. The number of aliphatic carboxylic acids is 1. The summed E-state index contributed by atoms with van der Waals surface area (Å²) in [6.07, 6.45) is 4.51. The Hall–Kier alpha value is -3.04. The summed E-state index contributed by atoms with van der Waals surface area (Å²) in [7, 11) is 2.19. The van der Waals surface area contributed by atoms with Crippen LogP contribution in [-0.2, 0) is 23.1 Å². The number of benzene rings is 2. The minimum Gasteiger partial charge on any atom is -0.504 e. The van der Waals surface area contributed by atoms with E-state index >= 15 is 0 Å². The summed E-state index contributed by atoms with van der Waals surface area (Å²) in [5.74, 6) is -3.75. The number of rotatable bonds is 2. The van der Waals surface area contributed by atoms with Crippen molar-refractivity contribution in [3.63, 3.8) is 0 Å². The van der Waals surface area contributed by atoms with Crippen LogP contribution in [-0.4, -0.2) is 58.0 Å². The molecule has 4 aliphatic rings. The van der Waals surface area contributed by atoms with Crippen LogP contribution in [0.3, 0.4) is 0 Å². The van der Waals surface area contributed by atoms with E-state index in [-0.39, 0.29) is 22.8 Å². The lowest BCUT2D eigenvalue weighted by Gasteiger charge is -2.56. The number of aromatic hydroxyl groups is 1. The third-order valence-electron chi connectivity index (χ3n) is 7.58. The zero-order valence-electron chi connectivity index (χ0n) is 18.3. The molecule has 1 spiro atoms. The molecule has 2 aliphatic carbocycles. The number of aliphatic hydroxyl groups is 1. The van der Waals surface area contributed by atoms with Crippen molar-refractivity contribution in [3.05, 3.63) is 70.6 Å². The van der Waals surface area contributed by atoms with Crippen LogP contribution < -0.4 is 4.74 Å². The van der Waals surface area contributed by atoms with Crippen LogP contribution in [0.25, 0.3) is 0 Å². The Labute approximate surface area is 193 Å². The minimum atomic E-state index is -1.33. The van der Waals surface area contributed by atoms with Crippen LogP contribution in [0.4, 0.5) is 13.2 Å². The summed E-state index contributed by atoms with van der Waals surface area (Å²) in [5, 5.41) is 28.9. The number of nitrogens with zero attached hydrogens (tertiary/aromatic N) is 1. The average molecular weight is 475 g/mol. The molecular formula is C25H24F3NO5. The van der Waals surface area contributed by atoms with Crippen molar-refractivity contribution in [1.29, 1.82) is 0 Å². The van der Waals surface area contributed by atoms with E-state index in [9.17, 15) is 28.2 Å². The Morgan fingerprint density at radius 2 is 1.91 bits per heavy atom. The number of carboxylic acids is 1. The maximum atomic E-state index is 12.7. The average Bonchev–Trinajstić information content (AvgIpc) is 3.14. The first-order chi connectivity index (χ1) is 16.1. The van der Waals surface area contributed by atoms with Crippen LogP contribution in [0.2, 0.25) is 0 Å². The Morgan fingerprint density at radius 3 is 2.65 bits per heavy atom. The molecule has 1 saturated heterocycles. The monoisotopic (exact) mass is 475 g/mol. The first-order valence-electron chi connectivity index (χ1n) is 11.1. The molecule has 2 aromatic carbocycles. The molecule has 1 fully saturated rings. The molecule has 0 unspecified atom stereocenters. The van der Waals surface area contributed by atoms with Crippen LogP contribution >= 0.6 is 0 Å². The van der Waals surface area contributed by atoms with Gasteiger partial charge in [-0.25, -0.2) is 13.2 Å². The van der Waals surface area contributed by atoms with Gasteiger partial charge in [0.05, 0.1) is 6.42 Å². The van der Waals surface area contributed by atoms with E-state index in [2.05, 4.69) is 18.0 Å². The molecule has 0 amide bonds. The van der Waals surface area contributed by atoms with Crippen molar-refractivity contribution in [1.82, 2.24) is 4.90 Å². The van der Waals surface area contributed by atoms with Crippen molar-refractivity contribution in [2.45, 2.75) is 42.9 Å². The van der Waals surface area contributed by atoms with Crippen LogP contribution in [0.15, 0.2) is 36.4 Å². The van der Waals surface area contributed by atoms with Gasteiger partial charge in [0.15, 0.2) is 23.1 Å². The SMILES string of the molecule is CN1CC[C@]23c4c5ccc(O)c4O[C@H]2[C@@H](O)C=C[C@H]3[C@H]1C5.O=C(O)Cc1cc(F)c(F)cc1F. The van der Waals surface area contributed by atoms with Gasteiger partial charge in [-0.15, -0.1) is 0 Å². The molecule has 6 rings (SSSR count). The van der Waals surface area contributed by atoms with E-state index in [1.807, 2.05) is 12.1 Å². The van der Waals surface area contributed by atoms with E-state index < -0.39 is 35.9 Å². The highest BCUT2D eigenvalue weighted by atomic mass is 19.2. The molecule has 34 heavy (non-hydrogen) atoms. The molecule has 2 heterocycles. The van der Waals surface area contributed by atoms with Gasteiger partial charge in [-0.05, 0) is 44.1 Å². The second kappa shape index (κ2) is 8.02. The fraction of sp³-hybridized carbons (Fsp3) is 0.400. The normalized spacial score (nSPS) is 30.1. The summed E-state index contributed by atoms with van der Waals surface area (Å²) in [5.41, 5.74) is 1.92. The van der Waals surface area contributed by atoms with Crippen molar-refractivity contribution in [2.24, 2.45) is 5.92 Å². The van der Waals surface area contributed by atoms with Crippen molar-refractivity contribution in [2.75, 3.05) is 13.6 Å². The zero-order valence-corrected chi connectivity index (χ0v) is 18.3. The van der Waals surface area contributed by atoms with E-state index in [4.69, 9.17) is 9.84 Å². The zero-order chi connectivity index (χ0) is 24.4. The van der Waals surface area contributed by atoms with Crippen molar-refractivity contribution < 1.29 is 38.0 Å². The summed E-state index contributed by atoms with van der Waals surface area (Å²) >= 11 is 0. The molecule has 0 saturated carbocycles. The predicted octanol–water partition coefficient (Wildman–Crippen LogP) is 2.93. The fourth-order valence-electron chi connectivity index (χ4n) is 6.10. The number of likely N-dealkylation sites (tertiary alicyclic amines) is 1. The van der Waals surface area contributed by atoms with E-state index in [1.54, 1.807) is 6.07 Å². The number of hydrogen-bond donors (Lipinski definition) is 3. The Bertz CT molecular complexity index is 1200. The number of aliphatic hydroxyl groups excluding tert-OH is 1. The molecule has 5 atom stereocenters. The number of carbonyl (C=O) groups is 1. The van der Waals surface area contributed by atoms with Crippen LogP contribution in [0.1, 0.15) is 23.1 Å². The number of ether oxygens (including phenoxy) is 1. The Morgan fingerprint density at radius 1 is 1.18 bits per heavy atom. The molecule has 0 aromatic heterocycles. The van der Waals surface area contributed by atoms with Gasteiger partial charge in [-0.1, -0.05) is 18.2 Å². The maximum Gasteiger partial charge on any atom is 0.307 e. The number of hydrogen-bond acceptors (Lipinski definition) is 5. The third-order valence-corrected chi connectivity index (χ3v) is 7.58. The highest BCUT2D eigenvalue weighted by Gasteiger charge is 2.64. The highest BCUT2D eigenvalue weighted by molar-refractivity contribution is 5.70. The lowest BCUT2D eigenvalue weighted by molar-refractivity contribution is -0.136. The lowest BCUT2D eigenvalue weighted by atomic mass is 9.53. The molecule has 9 heteroatoms. The van der Waals surface area contributed by atoms with Gasteiger partial charge >= 0.3 is 5.97 Å². The molecule has 0 radical (unpaired) electrons. The number of halogens is 3. The molecule has 6 nitrogen and oxygen atoms in total. The summed E-state index contributed by atoms with van der Waals surface area (Å²) < 4.78 is 43.6. The highest BCUT2D eigenvalue weighted by Crippen LogP contribution is 2.62. The van der Waals surface area contributed by atoms with Crippen molar-refractivity contribution >= 4 is 5.97 Å². The van der Waals surface area contributed by atoms with Crippen LogP contribution in [0, 0.1) is 23.4 Å². The van der Waals surface area contributed by atoms with E-state index in [1.165, 1.54) is 11.1 Å². The Balaban J connectivity index is 0.000000161. The summed E-state index contributed by atoms with van der Waals surface area (Å²) in [4.78, 5) is 12.6. The summed E-state index contributed by atoms with van der Waals surface area (Å²) in [6, 6.07) is 5.09. The quantitative estimate of drug-likeness (QED) is 0.457. The largest absolute Gasteiger partial charge is 0.504 e. The lowest BCUT2D eigenvalue weighted by Crippen LogP contribution is -2.64. The van der Waals surface area contributed by atoms with Gasteiger partial charge in [-0.2, -0.15) is 0 Å². The fourth-order valence-corrected chi connectivity index (χ4v) is 6.10. The van der Waals surface area contributed by atoms with Crippen molar-refractivity contribution in [3.8, 4) is 11.5 Å². The standard InChI is InChI=1S/C17H19NO3.C8H5F3O2/c1-18-7-6-17-10-3-5-13(20)16(17)21-15-12(19)4-2-9(14(15)17)8-11(10)18;9-5-3-7(11)6(10)1-4(5)2-8(12)13/h2-5,10-11,13,16,19-20H,6-8H2,1H3;1,3H,2H2,(H,12,13)/t10-,11+,13-,16-,17-;/m0./s1. The molecule has 2 aliphatic heterocycles. The van der Waals surface area contributed by atoms with Gasteiger partial charge in [0, 0.05) is 34.6 Å². The topological polar surface area (TPSA) is 90.2 Å². The molecule has 2 aromatic rings. The first-order valence-corrected chi connectivity index (χ1v) is 11.1. The number of likely N-dealkylation sites (N-methyl/N-ethyl adjacent to an activating group) is 1. The van der Waals surface area contributed by atoms with Gasteiger partial charge < -0.3 is 25.0 Å². The smallest absolute Gasteiger partial charge is 0.307 e. The number of phenols is 1. The van der Waals surface area contributed by atoms with Gasteiger partial charge in [0.25, 0.3) is 0 Å². The summed E-state index contributed by atoms with van der Waals surface area (Å²) in [6.45, 7) is 1.01. The van der Waals surface area contributed by atoms with Gasteiger partial charge in [-0.3, -0.25) is 4.79 Å². The van der Waals surface area contributed by atoms with Gasteiger partial charge in [0.1, 0.15) is 18.0 Å². The maximum absolute atomic E-state index is 12.7. The minimum absolute atomic E-state index is 0.160. The molecular weight excluding hydrogens is 451 g/mol. The number of piperidine rings is 1. The first kappa shape index (κ1) is 22.7. The Kier molecular flexibility index (Phi) is 5.37. The molecule has 3 N–H and O–H groups in total. The van der Waals surface area contributed by atoms with Gasteiger partial charge in [0.2, 0.25) is 0 Å². The second-order valence-corrected chi connectivity index (χ2v) is 9.36. The van der Waals surface area contributed by atoms with E-state index in [0.717, 1.165) is 19.4 Å². The third kappa shape index (κ3) is 3.29. The van der Waals surface area contributed by atoms with E-state index in [0.29, 0.717) is 29.8 Å².